The van der Waals surface area contributed by atoms with Gasteiger partial charge in [-0.2, -0.15) is 23.7 Å². The first-order valence-corrected chi connectivity index (χ1v) is 7.53. The molecular formula is C17H18F3N3O2. The zero-order valence-corrected chi connectivity index (χ0v) is 14.1. The van der Waals surface area contributed by atoms with Crippen molar-refractivity contribution in [1.82, 2.24) is 5.32 Å². The first-order chi connectivity index (χ1) is 11.6. The van der Waals surface area contributed by atoms with Crippen molar-refractivity contribution in [3.05, 3.63) is 29.3 Å². The highest BCUT2D eigenvalue weighted by molar-refractivity contribution is 5.79. The van der Waals surface area contributed by atoms with Crippen LogP contribution in [0.5, 0.6) is 5.75 Å². The van der Waals surface area contributed by atoms with Crippen LogP contribution in [-0.4, -0.2) is 18.1 Å². The van der Waals surface area contributed by atoms with Crippen LogP contribution >= 0.6 is 0 Å². The van der Waals surface area contributed by atoms with Crippen molar-refractivity contribution in [2.45, 2.75) is 38.9 Å². The molecule has 0 radical (unpaired) electrons. The number of nitrogens with zero attached hydrogens (tertiary/aromatic N) is 2. The summed E-state index contributed by atoms with van der Waals surface area (Å²) < 4.78 is 44.3. The number of rotatable bonds is 6. The van der Waals surface area contributed by atoms with Crippen LogP contribution in [0, 0.1) is 28.6 Å². The minimum absolute atomic E-state index is 0.00898. The number of amides is 1. The summed E-state index contributed by atoms with van der Waals surface area (Å²) in [6, 6.07) is 6.30. The zero-order valence-electron chi connectivity index (χ0n) is 14.1. The van der Waals surface area contributed by atoms with Gasteiger partial charge in [0.15, 0.2) is 5.54 Å². The topological polar surface area (TPSA) is 85.9 Å². The molecule has 25 heavy (non-hydrogen) atoms. The Morgan fingerprint density at radius 3 is 2.48 bits per heavy atom. The highest BCUT2D eigenvalue weighted by Crippen LogP contribution is 2.37. The lowest BCUT2D eigenvalue weighted by atomic mass is 10.0. The van der Waals surface area contributed by atoms with Crippen LogP contribution in [0.4, 0.5) is 13.2 Å². The van der Waals surface area contributed by atoms with Gasteiger partial charge in [0.25, 0.3) is 0 Å². The Morgan fingerprint density at radius 2 is 2.00 bits per heavy atom. The lowest BCUT2D eigenvalue weighted by molar-refractivity contribution is -0.139. The number of halogens is 3. The SMILES string of the molecule is CCC(C)C(=O)NC(C)(C#N)COc1cc(C#N)ccc1C(F)(F)F. The Bertz CT molecular complexity index is 719. The molecule has 1 aromatic rings. The van der Waals surface area contributed by atoms with Gasteiger partial charge in [0.1, 0.15) is 12.4 Å². The van der Waals surface area contributed by atoms with Crippen LogP contribution in [0.3, 0.4) is 0 Å². The summed E-state index contributed by atoms with van der Waals surface area (Å²) in [7, 11) is 0. The fraction of sp³-hybridized carbons (Fsp3) is 0.471. The molecule has 134 valence electrons. The predicted octanol–water partition coefficient (Wildman–Crippen LogP) is 3.40. The van der Waals surface area contributed by atoms with Crippen molar-refractivity contribution in [3.8, 4) is 17.9 Å². The van der Waals surface area contributed by atoms with E-state index in [1.54, 1.807) is 19.9 Å². The van der Waals surface area contributed by atoms with Crippen molar-refractivity contribution in [1.29, 1.82) is 10.5 Å². The maximum absolute atomic E-state index is 13.0. The molecule has 2 atom stereocenters. The number of nitriles is 2. The van der Waals surface area contributed by atoms with Crippen LogP contribution in [0.15, 0.2) is 18.2 Å². The summed E-state index contributed by atoms with van der Waals surface area (Å²) >= 11 is 0. The first-order valence-electron chi connectivity index (χ1n) is 7.53. The molecule has 1 aromatic carbocycles. The van der Waals surface area contributed by atoms with E-state index in [0.29, 0.717) is 6.42 Å². The summed E-state index contributed by atoms with van der Waals surface area (Å²) in [5.41, 5.74) is -2.57. The van der Waals surface area contributed by atoms with E-state index < -0.39 is 35.5 Å². The van der Waals surface area contributed by atoms with Crippen LogP contribution < -0.4 is 10.1 Å². The molecule has 0 aliphatic carbocycles. The molecule has 0 aliphatic heterocycles. The largest absolute Gasteiger partial charge is 0.489 e. The van der Waals surface area contributed by atoms with Gasteiger partial charge in [-0.05, 0) is 31.5 Å². The summed E-state index contributed by atoms with van der Waals surface area (Å²) in [6.45, 7) is 4.33. The highest BCUT2D eigenvalue weighted by Gasteiger charge is 2.36. The van der Waals surface area contributed by atoms with Crippen LogP contribution in [0.2, 0.25) is 0 Å². The number of hydrogen-bond acceptors (Lipinski definition) is 4. The Balaban J connectivity index is 3.03. The Labute approximate surface area is 144 Å². The summed E-state index contributed by atoms with van der Waals surface area (Å²) in [5.74, 6) is -1.30. The molecule has 1 N–H and O–H groups in total. The van der Waals surface area contributed by atoms with Crippen molar-refractivity contribution >= 4 is 5.91 Å². The molecule has 0 saturated carbocycles. The van der Waals surface area contributed by atoms with E-state index in [4.69, 9.17) is 10.00 Å². The maximum Gasteiger partial charge on any atom is 0.419 e. The number of alkyl halides is 3. The van der Waals surface area contributed by atoms with Gasteiger partial charge in [-0.3, -0.25) is 4.79 Å². The second kappa shape index (κ2) is 7.89. The third kappa shape index (κ3) is 5.39. The van der Waals surface area contributed by atoms with E-state index in [2.05, 4.69) is 5.32 Å². The lowest BCUT2D eigenvalue weighted by Gasteiger charge is -2.26. The van der Waals surface area contributed by atoms with E-state index >= 15 is 0 Å². The first kappa shape index (κ1) is 20.3. The normalized spacial score (nSPS) is 14.6. The van der Waals surface area contributed by atoms with E-state index in [9.17, 15) is 23.2 Å². The Kier molecular flexibility index (Phi) is 6.41. The quantitative estimate of drug-likeness (QED) is 0.849. The zero-order chi connectivity index (χ0) is 19.3. The van der Waals surface area contributed by atoms with Crippen LogP contribution in [-0.2, 0) is 11.0 Å². The molecule has 8 heteroatoms. The number of carbonyl (C=O) groups is 1. The van der Waals surface area contributed by atoms with Gasteiger partial charge in [-0.15, -0.1) is 0 Å². The van der Waals surface area contributed by atoms with Gasteiger partial charge in [-0.25, -0.2) is 0 Å². The van der Waals surface area contributed by atoms with E-state index in [0.717, 1.165) is 18.2 Å². The molecule has 5 nitrogen and oxygen atoms in total. The van der Waals surface area contributed by atoms with Gasteiger partial charge >= 0.3 is 6.18 Å². The Hall–Kier alpha value is -2.74. The summed E-state index contributed by atoms with van der Waals surface area (Å²) in [5, 5.41) is 20.6. The number of nitrogens with one attached hydrogen (secondary N) is 1. The molecule has 0 saturated heterocycles. The molecule has 0 fully saturated rings. The number of hydrogen-bond donors (Lipinski definition) is 1. The monoisotopic (exact) mass is 353 g/mol. The lowest BCUT2D eigenvalue weighted by Crippen LogP contribution is -2.50. The number of ether oxygens (including phenoxy) is 1. The smallest absolute Gasteiger partial charge is 0.419 e. The molecular weight excluding hydrogens is 335 g/mol. The average Bonchev–Trinajstić information content (AvgIpc) is 2.57. The average molecular weight is 353 g/mol. The molecule has 0 aromatic heterocycles. The van der Waals surface area contributed by atoms with E-state index in [1.165, 1.54) is 6.92 Å². The molecule has 2 unspecified atom stereocenters. The molecule has 0 bridgehead atoms. The van der Waals surface area contributed by atoms with Crippen molar-refractivity contribution in [2.24, 2.45) is 5.92 Å². The number of carbonyl (C=O) groups excluding carboxylic acids is 1. The second-order valence-electron chi connectivity index (χ2n) is 5.85. The number of benzene rings is 1. The van der Waals surface area contributed by atoms with Crippen molar-refractivity contribution < 1.29 is 22.7 Å². The van der Waals surface area contributed by atoms with E-state index in [1.807, 2.05) is 6.07 Å². The third-order valence-electron chi connectivity index (χ3n) is 3.64. The van der Waals surface area contributed by atoms with Gasteiger partial charge in [0.05, 0.1) is 23.3 Å². The minimum atomic E-state index is -4.67. The molecule has 0 aliphatic rings. The van der Waals surface area contributed by atoms with Crippen molar-refractivity contribution in [3.63, 3.8) is 0 Å². The standard InChI is InChI=1S/C17H18F3N3O2/c1-4-11(2)15(24)23-16(3,9-22)10-25-14-7-12(8-21)5-6-13(14)17(18,19)20/h5-7,11H,4,10H2,1-3H3,(H,23,24). The van der Waals surface area contributed by atoms with E-state index in [-0.39, 0.29) is 11.5 Å². The highest BCUT2D eigenvalue weighted by atomic mass is 19.4. The third-order valence-corrected chi connectivity index (χ3v) is 3.64. The van der Waals surface area contributed by atoms with Crippen LogP contribution in [0.1, 0.15) is 38.3 Å². The summed E-state index contributed by atoms with van der Waals surface area (Å²) in [6.07, 6.45) is -4.12. The molecule has 1 amide bonds. The summed E-state index contributed by atoms with van der Waals surface area (Å²) in [4.78, 5) is 11.9. The fourth-order valence-corrected chi connectivity index (χ4v) is 1.84. The van der Waals surface area contributed by atoms with Gasteiger partial charge in [0.2, 0.25) is 5.91 Å². The molecule has 1 rings (SSSR count). The van der Waals surface area contributed by atoms with Gasteiger partial charge in [-0.1, -0.05) is 13.8 Å². The Morgan fingerprint density at radius 1 is 1.36 bits per heavy atom. The second-order valence-corrected chi connectivity index (χ2v) is 5.85. The van der Waals surface area contributed by atoms with Crippen LogP contribution in [0.25, 0.3) is 0 Å². The molecule has 0 spiro atoms. The predicted molar refractivity (Wildman–Crippen MR) is 83.3 cm³/mol. The fourth-order valence-electron chi connectivity index (χ4n) is 1.84. The van der Waals surface area contributed by atoms with Gasteiger partial charge in [0, 0.05) is 5.92 Å². The molecule has 0 heterocycles. The van der Waals surface area contributed by atoms with Crippen molar-refractivity contribution in [2.75, 3.05) is 6.61 Å². The van der Waals surface area contributed by atoms with Gasteiger partial charge < -0.3 is 10.1 Å². The minimum Gasteiger partial charge on any atom is -0.489 e. The maximum atomic E-state index is 13.0.